The highest BCUT2D eigenvalue weighted by Crippen LogP contribution is 2.30. The number of carbonyl (C=O) groups is 2. The van der Waals surface area contributed by atoms with Gasteiger partial charge in [0.15, 0.2) is 11.6 Å². The zero-order valence-electron chi connectivity index (χ0n) is 13.5. The predicted molar refractivity (Wildman–Crippen MR) is 88.3 cm³/mol. The number of carbonyl (C=O) groups excluding carboxylic acids is 1. The Morgan fingerprint density at radius 3 is 2.67 bits per heavy atom. The standard InChI is InChI=1S/C17H17N3O4/c1-9(2)17(3)15(21)19-14(20-17)13-12(24-16(22)23)8-10-6-4-5-7-11(10)18-13/h4-9H,1-3H3,(H,22,23)(H,19,20,21). The van der Waals surface area contributed by atoms with Gasteiger partial charge in [-0.1, -0.05) is 32.0 Å². The average molecular weight is 327 g/mol. The molecule has 0 fully saturated rings. The lowest BCUT2D eigenvalue weighted by atomic mass is 9.89. The van der Waals surface area contributed by atoms with Crippen LogP contribution in [0.2, 0.25) is 0 Å². The second kappa shape index (κ2) is 5.59. The molecule has 2 N–H and O–H groups in total. The van der Waals surface area contributed by atoms with Crippen LogP contribution in [-0.4, -0.2) is 33.5 Å². The minimum absolute atomic E-state index is 0.0284. The number of hydrogen-bond acceptors (Lipinski definition) is 5. The normalized spacial score (nSPS) is 20.2. The van der Waals surface area contributed by atoms with Crippen LogP contribution in [0.15, 0.2) is 35.3 Å². The Balaban J connectivity index is 2.17. The highest BCUT2D eigenvalue weighted by Gasteiger charge is 2.43. The summed E-state index contributed by atoms with van der Waals surface area (Å²) in [6.45, 7) is 5.53. The number of nitrogens with zero attached hydrogens (tertiary/aromatic N) is 2. The minimum atomic E-state index is -1.45. The third kappa shape index (κ3) is 2.58. The van der Waals surface area contributed by atoms with Gasteiger partial charge in [-0.25, -0.2) is 14.8 Å². The van der Waals surface area contributed by atoms with E-state index in [1.165, 1.54) is 0 Å². The van der Waals surface area contributed by atoms with Gasteiger partial charge in [0.05, 0.1) is 5.52 Å². The van der Waals surface area contributed by atoms with Crippen LogP contribution in [0.1, 0.15) is 26.5 Å². The molecule has 1 aromatic heterocycles. The van der Waals surface area contributed by atoms with Gasteiger partial charge >= 0.3 is 6.16 Å². The highest BCUT2D eigenvalue weighted by molar-refractivity contribution is 6.16. The number of para-hydroxylation sites is 1. The van der Waals surface area contributed by atoms with Crippen LogP contribution < -0.4 is 10.1 Å². The number of ether oxygens (including phenoxy) is 1. The summed E-state index contributed by atoms with van der Waals surface area (Å²) in [6.07, 6.45) is -1.45. The lowest BCUT2D eigenvalue weighted by Crippen LogP contribution is -2.41. The fraction of sp³-hybridized carbons (Fsp3) is 0.294. The molecule has 1 amide bonds. The molecule has 7 heteroatoms. The Hall–Kier alpha value is -2.96. The van der Waals surface area contributed by atoms with E-state index in [1.54, 1.807) is 25.1 Å². The molecule has 2 heterocycles. The van der Waals surface area contributed by atoms with Crippen molar-refractivity contribution in [1.29, 1.82) is 0 Å². The molecule has 0 radical (unpaired) electrons. The molecule has 3 rings (SSSR count). The van der Waals surface area contributed by atoms with Crippen molar-refractivity contribution in [1.82, 2.24) is 10.3 Å². The average Bonchev–Trinajstić information content (AvgIpc) is 2.83. The number of hydrogen-bond donors (Lipinski definition) is 2. The smallest absolute Gasteiger partial charge is 0.449 e. The van der Waals surface area contributed by atoms with Crippen LogP contribution in [0.25, 0.3) is 10.9 Å². The monoisotopic (exact) mass is 327 g/mol. The van der Waals surface area contributed by atoms with Gasteiger partial charge in [-0.05, 0) is 25.0 Å². The summed E-state index contributed by atoms with van der Waals surface area (Å²) < 4.78 is 4.85. The molecular formula is C17H17N3O4. The summed E-state index contributed by atoms with van der Waals surface area (Å²) in [6, 6.07) is 8.81. The number of carboxylic acid groups (broad SMARTS) is 1. The number of rotatable bonds is 3. The molecular weight excluding hydrogens is 310 g/mol. The molecule has 1 atom stereocenters. The molecule has 1 unspecified atom stereocenters. The number of amidine groups is 1. The lowest BCUT2D eigenvalue weighted by Gasteiger charge is -2.21. The van der Waals surface area contributed by atoms with Gasteiger partial charge in [0.25, 0.3) is 5.91 Å². The first-order valence-electron chi connectivity index (χ1n) is 7.53. The second-order valence-corrected chi connectivity index (χ2v) is 6.11. The van der Waals surface area contributed by atoms with Crippen molar-refractivity contribution in [2.24, 2.45) is 10.9 Å². The fourth-order valence-corrected chi connectivity index (χ4v) is 2.49. The summed E-state index contributed by atoms with van der Waals surface area (Å²) >= 11 is 0. The van der Waals surface area contributed by atoms with E-state index in [-0.39, 0.29) is 29.1 Å². The summed E-state index contributed by atoms with van der Waals surface area (Å²) in [7, 11) is 0. The number of nitrogens with one attached hydrogen (secondary N) is 1. The molecule has 0 saturated heterocycles. The van der Waals surface area contributed by atoms with Crippen LogP contribution in [0.5, 0.6) is 5.75 Å². The molecule has 124 valence electrons. The Morgan fingerprint density at radius 2 is 2.04 bits per heavy atom. The molecule has 2 aromatic rings. The molecule has 1 aromatic carbocycles. The van der Waals surface area contributed by atoms with Crippen LogP contribution in [0.4, 0.5) is 4.79 Å². The number of amides is 1. The third-order valence-corrected chi connectivity index (χ3v) is 4.27. The maximum atomic E-state index is 12.3. The molecule has 7 nitrogen and oxygen atoms in total. The van der Waals surface area contributed by atoms with Gasteiger partial charge in [0.2, 0.25) is 0 Å². The van der Waals surface area contributed by atoms with Crippen molar-refractivity contribution in [3.05, 3.63) is 36.0 Å². The maximum Gasteiger partial charge on any atom is 0.511 e. The predicted octanol–water partition coefficient (Wildman–Crippen LogP) is 2.58. The van der Waals surface area contributed by atoms with E-state index in [2.05, 4.69) is 15.3 Å². The number of fused-ring (bicyclic) bond motifs is 1. The van der Waals surface area contributed by atoms with Crippen molar-refractivity contribution >= 4 is 28.8 Å². The van der Waals surface area contributed by atoms with Crippen LogP contribution >= 0.6 is 0 Å². The van der Waals surface area contributed by atoms with E-state index in [9.17, 15) is 9.59 Å². The number of aliphatic imine (C=N–C) groups is 1. The van der Waals surface area contributed by atoms with Crippen LogP contribution in [0, 0.1) is 5.92 Å². The maximum absolute atomic E-state index is 12.3. The Labute approximate surface area is 138 Å². The molecule has 0 bridgehead atoms. The summed E-state index contributed by atoms with van der Waals surface area (Å²) in [5.41, 5.74) is -0.0717. The van der Waals surface area contributed by atoms with Crippen LogP contribution in [0.3, 0.4) is 0 Å². The number of benzene rings is 1. The topological polar surface area (TPSA) is 101 Å². The second-order valence-electron chi connectivity index (χ2n) is 6.11. The number of pyridine rings is 1. The molecule has 24 heavy (non-hydrogen) atoms. The largest absolute Gasteiger partial charge is 0.511 e. The molecule has 0 saturated carbocycles. The first kappa shape index (κ1) is 15.9. The number of aromatic nitrogens is 1. The van der Waals surface area contributed by atoms with Gasteiger partial charge in [-0.3, -0.25) is 4.79 Å². The highest BCUT2D eigenvalue weighted by atomic mass is 16.7. The first-order valence-corrected chi connectivity index (χ1v) is 7.53. The van der Waals surface area contributed by atoms with Crippen molar-refractivity contribution < 1.29 is 19.4 Å². The first-order chi connectivity index (χ1) is 11.3. The molecule has 0 spiro atoms. The van der Waals surface area contributed by atoms with Crippen molar-refractivity contribution in [3.8, 4) is 5.75 Å². The lowest BCUT2D eigenvalue weighted by molar-refractivity contribution is -0.124. The van der Waals surface area contributed by atoms with Gasteiger partial charge < -0.3 is 15.2 Å². The molecule has 0 aliphatic carbocycles. The van der Waals surface area contributed by atoms with E-state index in [0.29, 0.717) is 5.52 Å². The quantitative estimate of drug-likeness (QED) is 0.844. The summed E-state index contributed by atoms with van der Waals surface area (Å²) in [5.74, 6) is -0.0190. The molecule has 1 aliphatic heterocycles. The van der Waals surface area contributed by atoms with E-state index >= 15 is 0 Å². The third-order valence-electron chi connectivity index (χ3n) is 4.27. The van der Waals surface area contributed by atoms with Crippen LogP contribution in [-0.2, 0) is 4.79 Å². The summed E-state index contributed by atoms with van der Waals surface area (Å²) in [4.78, 5) is 32.2. The van der Waals surface area contributed by atoms with E-state index in [4.69, 9.17) is 9.84 Å². The SMILES string of the molecule is CC(C)C1(C)N=C(c2nc3ccccc3cc2OC(=O)O)NC1=O. The zero-order chi connectivity index (χ0) is 17.5. The summed E-state index contributed by atoms with van der Waals surface area (Å²) in [5, 5.41) is 12.4. The van der Waals surface area contributed by atoms with E-state index < -0.39 is 11.7 Å². The molecule has 1 aliphatic rings. The van der Waals surface area contributed by atoms with Crippen molar-refractivity contribution in [3.63, 3.8) is 0 Å². The Bertz CT molecular complexity index is 875. The zero-order valence-corrected chi connectivity index (χ0v) is 13.5. The van der Waals surface area contributed by atoms with Crippen molar-refractivity contribution in [2.75, 3.05) is 0 Å². The Kier molecular flexibility index (Phi) is 3.71. The van der Waals surface area contributed by atoms with Gasteiger partial charge in [-0.2, -0.15) is 0 Å². The minimum Gasteiger partial charge on any atom is -0.449 e. The van der Waals surface area contributed by atoms with E-state index in [0.717, 1.165) is 5.39 Å². The Morgan fingerprint density at radius 1 is 1.33 bits per heavy atom. The van der Waals surface area contributed by atoms with Crippen molar-refractivity contribution in [2.45, 2.75) is 26.3 Å². The fourth-order valence-electron chi connectivity index (χ4n) is 2.49. The van der Waals surface area contributed by atoms with E-state index in [1.807, 2.05) is 26.0 Å². The van der Waals surface area contributed by atoms with Gasteiger partial charge in [-0.15, -0.1) is 0 Å². The van der Waals surface area contributed by atoms with Gasteiger partial charge in [0, 0.05) is 5.39 Å². The van der Waals surface area contributed by atoms with Gasteiger partial charge in [0.1, 0.15) is 11.2 Å².